The van der Waals surface area contributed by atoms with Crippen LogP contribution in [0.15, 0.2) is 12.3 Å². The van der Waals surface area contributed by atoms with Crippen molar-refractivity contribution in [1.29, 1.82) is 0 Å². The number of aliphatic carboxylic acids is 1. The van der Waals surface area contributed by atoms with E-state index in [2.05, 4.69) is 4.74 Å². The molecular weight excluding hydrogens is 212 g/mol. The summed E-state index contributed by atoms with van der Waals surface area (Å²) in [7, 11) is 1.27. The van der Waals surface area contributed by atoms with Crippen molar-refractivity contribution < 1.29 is 24.2 Å². The summed E-state index contributed by atoms with van der Waals surface area (Å²) in [6.07, 6.45) is 2.67. The van der Waals surface area contributed by atoms with Crippen molar-refractivity contribution >= 4 is 11.9 Å². The zero-order chi connectivity index (χ0) is 12.6. The lowest BCUT2D eigenvalue weighted by Gasteiger charge is -2.19. The van der Waals surface area contributed by atoms with Crippen LogP contribution in [0.4, 0.5) is 0 Å². The standard InChI is InChI=1S/C11H18O5/c1-8(2)9(4-5-10(12)13)16-7-6-11(14)15-3/h6-9H,4-5H2,1-3H3,(H,12,13)/b7-6+. The van der Waals surface area contributed by atoms with Gasteiger partial charge in [0.25, 0.3) is 0 Å². The quantitative estimate of drug-likeness (QED) is 0.408. The fourth-order valence-electron chi connectivity index (χ4n) is 1.09. The Labute approximate surface area is 95.0 Å². The molecule has 1 atom stereocenters. The average molecular weight is 230 g/mol. The molecule has 0 saturated heterocycles. The van der Waals surface area contributed by atoms with E-state index in [0.717, 1.165) is 6.08 Å². The first kappa shape index (κ1) is 14.5. The Morgan fingerprint density at radius 1 is 1.38 bits per heavy atom. The van der Waals surface area contributed by atoms with Gasteiger partial charge in [-0.15, -0.1) is 0 Å². The predicted molar refractivity (Wildman–Crippen MR) is 57.7 cm³/mol. The van der Waals surface area contributed by atoms with Crippen molar-refractivity contribution in [2.45, 2.75) is 32.8 Å². The Kier molecular flexibility index (Phi) is 7.00. The predicted octanol–water partition coefficient (Wildman–Crippen LogP) is 1.58. The molecule has 1 unspecified atom stereocenters. The van der Waals surface area contributed by atoms with Crippen molar-refractivity contribution in [2.75, 3.05) is 7.11 Å². The van der Waals surface area contributed by atoms with Crippen LogP contribution in [0.2, 0.25) is 0 Å². The number of carboxylic acid groups (broad SMARTS) is 1. The van der Waals surface area contributed by atoms with Crippen molar-refractivity contribution in [3.63, 3.8) is 0 Å². The lowest BCUT2D eigenvalue weighted by Crippen LogP contribution is -2.19. The lowest BCUT2D eigenvalue weighted by atomic mass is 10.0. The minimum Gasteiger partial charge on any atom is -0.497 e. The summed E-state index contributed by atoms with van der Waals surface area (Å²) in [5.41, 5.74) is 0. The van der Waals surface area contributed by atoms with Crippen LogP contribution in [0.1, 0.15) is 26.7 Å². The van der Waals surface area contributed by atoms with E-state index in [9.17, 15) is 9.59 Å². The van der Waals surface area contributed by atoms with E-state index < -0.39 is 11.9 Å². The Morgan fingerprint density at radius 3 is 2.44 bits per heavy atom. The summed E-state index contributed by atoms with van der Waals surface area (Å²) in [6, 6.07) is 0. The van der Waals surface area contributed by atoms with Gasteiger partial charge in [0.15, 0.2) is 0 Å². The Morgan fingerprint density at radius 2 is 2.00 bits per heavy atom. The number of carbonyl (C=O) groups is 2. The topological polar surface area (TPSA) is 72.8 Å². The maximum absolute atomic E-state index is 10.7. The van der Waals surface area contributed by atoms with Crippen molar-refractivity contribution in [3.8, 4) is 0 Å². The van der Waals surface area contributed by atoms with E-state index in [1.807, 2.05) is 13.8 Å². The van der Waals surface area contributed by atoms with Gasteiger partial charge in [-0.25, -0.2) is 4.79 Å². The van der Waals surface area contributed by atoms with Gasteiger partial charge in [0.1, 0.15) is 6.10 Å². The molecule has 1 N–H and O–H groups in total. The number of hydrogen-bond donors (Lipinski definition) is 1. The highest BCUT2D eigenvalue weighted by Crippen LogP contribution is 2.13. The molecule has 0 aromatic heterocycles. The molecule has 0 aliphatic heterocycles. The van der Waals surface area contributed by atoms with E-state index >= 15 is 0 Å². The fraction of sp³-hybridized carbons (Fsp3) is 0.636. The molecule has 0 radical (unpaired) electrons. The minimum atomic E-state index is -0.855. The maximum Gasteiger partial charge on any atom is 0.333 e. The van der Waals surface area contributed by atoms with Crippen LogP contribution in [0, 0.1) is 5.92 Å². The van der Waals surface area contributed by atoms with Crippen LogP contribution < -0.4 is 0 Å². The first-order valence-corrected chi connectivity index (χ1v) is 5.09. The van der Waals surface area contributed by atoms with Crippen LogP contribution >= 0.6 is 0 Å². The molecule has 0 fully saturated rings. The number of rotatable bonds is 7. The van der Waals surface area contributed by atoms with Gasteiger partial charge in [-0.1, -0.05) is 13.8 Å². The second-order valence-electron chi connectivity index (χ2n) is 3.68. The van der Waals surface area contributed by atoms with Gasteiger partial charge in [-0.3, -0.25) is 4.79 Å². The molecule has 0 aliphatic rings. The van der Waals surface area contributed by atoms with Gasteiger partial charge in [-0.2, -0.15) is 0 Å². The zero-order valence-corrected chi connectivity index (χ0v) is 9.80. The highest BCUT2D eigenvalue weighted by Gasteiger charge is 2.14. The van der Waals surface area contributed by atoms with Gasteiger partial charge >= 0.3 is 11.9 Å². The van der Waals surface area contributed by atoms with Crippen molar-refractivity contribution in [2.24, 2.45) is 5.92 Å². The molecule has 0 spiro atoms. The van der Waals surface area contributed by atoms with Gasteiger partial charge in [-0.05, 0) is 12.3 Å². The SMILES string of the molecule is COC(=O)/C=C/OC(CCC(=O)O)C(C)C. The first-order chi connectivity index (χ1) is 7.47. The number of ether oxygens (including phenoxy) is 2. The molecule has 0 heterocycles. The molecule has 0 aromatic rings. The maximum atomic E-state index is 10.7. The fourth-order valence-corrected chi connectivity index (χ4v) is 1.09. The van der Waals surface area contributed by atoms with Crippen molar-refractivity contribution in [1.82, 2.24) is 0 Å². The zero-order valence-electron chi connectivity index (χ0n) is 9.80. The lowest BCUT2D eigenvalue weighted by molar-refractivity contribution is -0.138. The highest BCUT2D eigenvalue weighted by molar-refractivity contribution is 5.81. The minimum absolute atomic E-state index is 0.0505. The Bertz CT molecular complexity index is 257. The molecule has 0 saturated carbocycles. The van der Waals surface area contributed by atoms with Gasteiger partial charge in [0.05, 0.1) is 19.4 Å². The van der Waals surface area contributed by atoms with E-state index in [1.165, 1.54) is 13.4 Å². The van der Waals surface area contributed by atoms with Gasteiger partial charge < -0.3 is 14.6 Å². The molecule has 0 rings (SSSR count). The van der Waals surface area contributed by atoms with Crippen LogP contribution in [0.3, 0.4) is 0 Å². The second kappa shape index (κ2) is 7.73. The van der Waals surface area contributed by atoms with E-state index in [0.29, 0.717) is 6.42 Å². The first-order valence-electron chi connectivity index (χ1n) is 5.09. The third kappa shape index (κ3) is 6.86. The summed E-state index contributed by atoms with van der Waals surface area (Å²) in [5, 5.41) is 8.55. The number of hydrogen-bond acceptors (Lipinski definition) is 4. The normalized spacial score (nSPS) is 12.8. The molecule has 16 heavy (non-hydrogen) atoms. The monoisotopic (exact) mass is 230 g/mol. The number of esters is 1. The summed E-state index contributed by atoms with van der Waals surface area (Å²) < 4.78 is 9.67. The van der Waals surface area contributed by atoms with Crippen LogP contribution in [0.25, 0.3) is 0 Å². The third-order valence-corrected chi connectivity index (χ3v) is 2.04. The molecule has 5 nitrogen and oxygen atoms in total. The molecular formula is C11H18O5. The molecule has 92 valence electrons. The molecule has 0 aliphatic carbocycles. The Balaban J connectivity index is 4.08. The number of carboxylic acids is 1. The molecule has 0 bridgehead atoms. The van der Waals surface area contributed by atoms with Crippen LogP contribution in [-0.4, -0.2) is 30.3 Å². The van der Waals surface area contributed by atoms with E-state index in [-0.39, 0.29) is 18.4 Å². The van der Waals surface area contributed by atoms with E-state index in [4.69, 9.17) is 9.84 Å². The molecule has 0 amide bonds. The summed E-state index contributed by atoms with van der Waals surface area (Å²) in [6.45, 7) is 3.86. The molecule has 0 aromatic carbocycles. The van der Waals surface area contributed by atoms with Gasteiger partial charge in [0.2, 0.25) is 0 Å². The van der Waals surface area contributed by atoms with Crippen LogP contribution in [0.5, 0.6) is 0 Å². The summed E-state index contributed by atoms with van der Waals surface area (Å²) >= 11 is 0. The summed E-state index contributed by atoms with van der Waals surface area (Å²) in [5.74, 6) is -1.17. The number of methoxy groups -OCH3 is 1. The van der Waals surface area contributed by atoms with E-state index in [1.54, 1.807) is 0 Å². The largest absolute Gasteiger partial charge is 0.497 e. The summed E-state index contributed by atoms with van der Waals surface area (Å²) in [4.78, 5) is 21.2. The van der Waals surface area contributed by atoms with Gasteiger partial charge in [0, 0.05) is 6.42 Å². The smallest absolute Gasteiger partial charge is 0.333 e. The molecule has 5 heteroatoms. The number of carbonyl (C=O) groups excluding carboxylic acids is 1. The third-order valence-electron chi connectivity index (χ3n) is 2.04. The average Bonchev–Trinajstić information content (AvgIpc) is 2.21. The second-order valence-corrected chi connectivity index (χ2v) is 3.68. The van der Waals surface area contributed by atoms with Crippen LogP contribution in [-0.2, 0) is 19.1 Å². The van der Waals surface area contributed by atoms with Crippen molar-refractivity contribution in [3.05, 3.63) is 12.3 Å². The Hall–Kier alpha value is -1.52. The highest BCUT2D eigenvalue weighted by atomic mass is 16.5.